The molecule has 0 atom stereocenters. The highest BCUT2D eigenvalue weighted by atomic mass is 32.1. The zero-order valence-corrected chi connectivity index (χ0v) is 12.8. The van der Waals surface area contributed by atoms with Gasteiger partial charge in [-0.25, -0.2) is 4.39 Å². The number of halogens is 1. The lowest BCUT2D eigenvalue weighted by molar-refractivity contribution is 0.639. The Labute approximate surface area is 117 Å². The summed E-state index contributed by atoms with van der Waals surface area (Å²) >= 11 is 1.15. The van der Waals surface area contributed by atoms with E-state index in [-0.39, 0.29) is 11.7 Å². The van der Waals surface area contributed by atoms with Crippen LogP contribution in [-0.4, -0.2) is 0 Å². The number of hydrogen-bond donors (Lipinski definition) is 1. The van der Waals surface area contributed by atoms with Crippen molar-refractivity contribution in [2.75, 3.05) is 5.73 Å². The van der Waals surface area contributed by atoms with Crippen LogP contribution in [0.5, 0.6) is 0 Å². The monoisotopic (exact) mass is 278 g/mol. The van der Waals surface area contributed by atoms with Crippen molar-refractivity contribution in [2.45, 2.75) is 40.5 Å². The first-order chi connectivity index (χ1) is 8.97. The largest absolute Gasteiger partial charge is 0.389 e. The summed E-state index contributed by atoms with van der Waals surface area (Å²) in [4.78, 5) is 0. The molecule has 0 amide bonds. The first-order valence-corrected chi connectivity index (χ1v) is 7.20. The highest BCUT2D eigenvalue weighted by Gasteiger charge is 2.20. The molecule has 0 fully saturated rings. The first kappa shape index (κ1) is 15.5. The molecule has 2 N–H and O–H groups in total. The van der Waals surface area contributed by atoms with Gasteiger partial charge in [-0.3, -0.25) is 0 Å². The number of rotatable bonds is 1. The highest BCUT2D eigenvalue weighted by molar-refractivity contribution is 7.23. The Kier molecular flexibility index (Phi) is 4.90. The second-order valence-corrected chi connectivity index (χ2v) is 5.45. The van der Waals surface area contributed by atoms with Gasteiger partial charge in [0.2, 0.25) is 0 Å². The van der Waals surface area contributed by atoms with Crippen LogP contribution in [0.25, 0.3) is 10.1 Å². The van der Waals surface area contributed by atoms with E-state index in [4.69, 9.17) is 11.0 Å². The third kappa shape index (κ3) is 2.57. The van der Waals surface area contributed by atoms with Crippen molar-refractivity contribution in [3.63, 3.8) is 0 Å². The van der Waals surface area contributed by atoms with Crippen molar-refractivity contribution in [3.05, 3.63) is 28.6 Å². The van der Waals surface area contributed by atoms with Gasteiger partial charge in [0, 0.05) is 5.39 Å². The van der Waals surface area contributed by atoms with Crippen molar-refractivity contribution >= 4 is 26.4 Å². The predicted octanol–water partition coefficient (Wildman–Crippen LogP) is 4.95. The Hall–Kier alpha value is -1.60. The molecule has 0 aliphatic rings. The summed E-state index contributed by atoms with van der Waals surface area (Å²) in [5.41, 5.74) is 8.09. The highest BCUT2D eigenvalue weighted by Crippen LogP contribution is 2.40. The molecule has 0 radical (unpaired) electrons. The summed E-state index contributed by atoms with van der Waals surface area (Å²) in [6.07, 6.45) is 0. The molecule has 0 spiro atoms. The van der Waals surface area contributed by atoms with E-state index < -0.39 is 0 Å². The maximum Gasteiger partial charge on any atom is 0.141 e. The molecule has 1 heterocycles. The third-order valence-corrected chi connectivity index (χ3v) is 3.91. The van der Waals surface area contributed by atoms with Gasteiger partial charge >= 0.3 is 0 Å². The quantitative estimate of drug-likeness (QED) is 0.802. The van der Waals surface area contributed by atoms with Crippen molar-refractivity contribution in [1.29, 1.82) is 5.26 Å². The maximum atomic E-state index is 13.9. The molecular formula is C15H19FN2S. The predicted molar refractivity (Wildman–Crippen MR) is 81.1 cm³/mol. The van der Waals surface area contributed by atoms with Crippen LogP contribution in [0, 0.1) is 24.1 Å². The molecule has 0 saturated carbocycles. The van der Waals surface area contributed by atoms with E-state index in [1.54, 1.807) is 0 Å². The Morgan fingerprint density at radius 2 is 1.95 bits per heavy atom. The lowest BCUT2D eigenvalue weighted by Gasteiger charge is -2.12. The van der Waals surface area contributed by atoms with Gasteiger partial charge in [0.05, 0.1) is 10.3 Å². The van der Waals surface area contributed by atoms with E-state index in [9.17, 15) is 4.39 Å². The van der Waals surface area contributed by atoms with E-state index in [2.05, 4.69) is 6.07 Å². The zero-order valence-electron chi connectivity index (χ0n) is 12.0. The molecule has 19 heavy (non-hydrogen) atoms. The minimum absolute atomic E-state index is 0.235. The molecular weight excluding hydrogens is 259 g/mol. The van der Waals surface area contributed by atoms with E-state index >= 15 is 0 Å². The van der Waals surface area contributed by atoms with Gasteiger partial charge in [0.1, 0.15) is 16.9 Å². The number of hydrogen-bond acceptors (Lipinski definition) is 3. The van der Waals surface area contributed by atoms with Crippen molar-refractivity contribution in [2.24, 2.45) is 0 Å². The van der Waals surface area contributed by atoms with Gasteiger partial charge in [-0.2, -0.15) is 5.26 Å². The van der Waals surface area contributed by atoms with E-state index in [1.807, 2.05) is 34.6 Å². The summed E-state index contributed by atoms with van der Waals surface area (Å²) in [5, 5.41) is 10.2. The molecule has 1 aromatic carbocycles. The summed E-state index contributed by atoms with van der Waals surface area (Å²) in [6.45, 7) is 9.94. The van der Waals surface area contributed by atoms with Crippen LogP contribution in [0.2, 0.25) is 0 Å². The Morgan fingerprint density at radius 3 is 2.42 bits per heavy atom. The maximum absolute atomic E-state index is 13.9. The number of benzene rings is 1. The average Bonchev–Trinajstić information content (AvgIpc) is 2.68. The average molecular weight is 278 g/mol. The molecule has 102 valence electrons. The number of nitriles is 1. The van der Waals surface area contributed by atoms with Gasteiger partial charge < -0.3 is 5.73 Å². The minimum Gasteiger partial charge on any atom is -0.389 e. The topological polar surface area (TPSA) is 49.8 Å². The molecule has 2 aromatic rings. The summed E-state index contributed by atoms with van der Waals surface area (Å²) in [7, 11) is 0. The summed E-state index contributed by atoms with van der Waals surface area (Å²) in [5.74, 6) is -0.0562. The van der Waals surface area contributed by atoms with Gasteiger partial charge in [-0.1, -0.05) is 27.7 Å². The van der Waals surface area contributed by atoms with Gasteiger partial charge in [-0.15, -0.1) is 11.3 Å². The van der Waals surface area contributed by atoms with E-state index in [1.165, 1.54) is 6.07 Å². The Balaban J connectivity index is 0.000000861. The fraction of sp³-hybridized carbons (Fsp3) is 0.400. The molecule has 0 aliphatic heterocycles. The lowest BCUT2D eigenvalue weighted by atomic mass is 9.92. The van der Waals surface area contributed by atoms with Crippen molar-refractivity contribution in [1.82, 2.24) is 0 Å². The van der Waals surface area contributed by atoms with Gasteiger partial charge in [-0.05, 0) is 30.0 Å². The number of nitrogens with two attached hydrogens (primary N) is 1. The van der Waals surface area contributed by atoms with E-state index in [0.717, 1.165) is 22.5 Å². The van der Waals surface area contributed by atoms with Crippen molar-refractivity contribution in [3.8, 4) is 6.07 Å². The van der Waals surface area contributed by atoms with Crippen molar-refractivity contribution < 1.29 is 4.39 Å². The van der Waals surface area contributed by atoms with Gasteiger partial charge in [0.25, 0.3) is 0 Å². The van der Waals surface area contributed by atoms with Crippen LogP contribution in [0.1, 0.15) is 50.3 Å². The standard InChI is InChI=1S/C13H13FN2S.C2H6/c1-6(2)10-7(3)4-9(14)12-11(10)8(5-15)13(16)17-12;1-2/h4,6H,16H2,1-3H3;1-2H3. The molecule has 1 aromatic heterocycles. The van der Waals surface area contributed by atoms with Crippen LogP contribution in [-0.2, 0) is 0 Å². The molecule has 4 heteroatoms. The minimum atomic E-state index is -0.292. The zero-order chi connectivity index (χ0) is 14.7. The van der Waals surface area contributed by atoms with Crippen LogP contribution >= 0.6 is 11.3 Å². The fourth-order valence-corrected chi connectivity index (χ4v) is 3.20. The number of nitrogen functional groups attached to an aromatic ring is 1. The van der Waals surface area contributed by atoms with Crippen LogP contribution in [0.4, 0.5) is 9.39 Å². The normalized spacial score (nSPS) is 10.2. The molecule has 2 rings (SSSR count). The fourth-order valence-electron chi connectivity index (χ4n) is 2.26. The molecule has 0 aliphatic carbocycles. The van der Waals surface area contributed by atoms with Crippen LogP contribution in [0.3, 0.4) is 0 Å². The number of fused-ring (bicyclic) bond motifs is 1. The summed E-state index contributed by atoms with van der Waals surface area (Å²) < 4.78 is 14.4. The molecule has 0 bridgehead atoms. The number of aryl methyl sites for hydroxylation is 1. The number of nitrogens with zero attached hydrogens (tertiary/aromatic N) is 1. The Morgan fingerprint density at radius 1 is 1.37 bits per heavy atom. The molecule has 2 nitrogen and oxygen atoms in total. The summed E-state index contributed by atoms with van der Waals surface area (Å²) in [6, 6.07) is 3.61. The molecule has 0 saturated heterocycles. The smallest absolute Gasteiger partial charge is 0.141 e. The Bertz CT molecular complexity index is 636. The number of thiophene rings is 1. The first-order valence-electron chi connectivity index (χ1n) is 6.38. The van der Waals surface area contributed by atoms with Crippen LogP contribution < -0.4 is 5.73 Å². The number of anilines is 1. The van der Waals surface area contributed by atoms with Crippen LogP contribution in [0.15, 0.2) is 6.07 Å². The lowest BCUT2D eigenvalue weighted by Crippen LogP contribution is -1.96. The molecule has 0 unspecified atom stereocenters. The SMILES string of the molecule is CC.Cc1cc(F)c2sc(N)c(C#N)c2c1C(C)C. The van der Waals surface area contributed by atoms with E-state index in [0.29, 0.717) is 20.7 Å². The second kappa shape index (κ2) is 6.03. The second-order valence-electron chi connectivity index (χ2n) is 4.40. The third-order valence-electron chi connectivity index (χ3n) is 2.88. The van der Waals surface area contributed by atoms with Gasteiger partial charge in [0.15, 0.2) is 0 Å².